The average Bonchev–Trinajstić information content (AvgIpc) is 2.45. The van der Waals surface area contributed by atoms with Crippen LogP contribution in [0.15, 0.2) is 29.2 Å². The summed E-state index contributed by atoms with van der Waals surface area (Å²) in [6, 6.07) is 5.89. The molecule has 116 valence electrons. The predicted octanol–water partition coefficient (Wildman–Crippen LogP) is 2.14. The molecule has 0 aliphatic carbocycles. The minimum atomic E-state index is -3.50. The largest absolute Gasteiger partial charge is 0.465 e. The van der Waals surface area contributed by atoms with Gasteiger partial charge >= 0.3 is 5.97 Å². The smallest absolute Gasteiger partial charge is 0.337 e. The highest BCUT2D eigenvalue weighted by Crippen LogP contribution is 2.26. The Balaban J connectivity index is 2.25. The van der Waals surface area contributed by atoms with E-state index < -0.39 is 16.0 Å². The molecule has 1 fully saturated rings. The van der Waals surface area contributed by atoms with E-state index in [2.05, 4.69) is 18.6 Å². The SMILES string of the molecule is COC(=O)c1ccc(S(=O)(=O)N2CC(C)CC(C)C2)cc1. The Labute approximate surface area is 126 Å². The molecular weight excluding hydrogens is 290 g/mol. The fourth-order valence-corrected chi connectivity index (χ4v) is 4.51. The van der Waals surface area contributed by atoms with Gasteiger partial charge in [-0.25, -0.2) is 13.2 Å². The van der Waals surface area contributed by atoms with Gasteiger partial charge in [-0.1, -0.05) is 13.8 Å². The maximum Gasteiger partial charge on any atom is 0.337 e. The van der Waals surface area contributed by atoms with Gasteiger partial charge in [-0.3, -0.25) is 0 Å². The summed E-state index contributed by atoms with van der Waals surface area (Å²) in [5, 5.41) is 0. The third kappa shape index (κ3) is 3.44. The molecule has 1 aromatic rings. The van der Waals surface area contributed by atoms with Gasteiger partial charge in [0.15, 0.2) is 0 Å². The first-order valence-corrected chi connectivity index (χ1v) is 8.47. The van der Waals surface area contributed by atoms with E-state index >= 15 is 0 Å². The summed E-state index contributed by atoms with van der Waals surface area (Å²) in [6.07, 6.45) is 1.05. The van der Waals surface area contributed by atoms with Crippen molar-refractivity contribution in [2.45, 2.75) is 25.2 Å². The third-order valence-electron chi connectivity index (χ3n) is 3.75. The molecule has 2 atom stereocenters. The molecule has 1 heterocycles. The van der Waals surface area contributed by atoms with Crippen molar-refractivity contribution in [2.24, 2.45) is 11.8 Å². The molecule has 0 saturated carbocycles. The maximum absolute atomic E-state index is 12.6. The van der Waals surface area contributed by atoms with Crippen LogP contribution in [0.2, 0.25) is 0 Å². The van der Waals surface area contributed by atoms with E-state index in [0.717, 1.165) is 6.42 Å². The van der Waals surface area contributed by atoms with Crippen LogP contribution in [0.3, 0.4) is 0 Å². The molecule has 0 spiro atoms. The zero-order valence-electron chi connectivity index (χ0n) is 12.6. The van der Waals surface area contributed by atoms with Crippen LogP contribution in [-0.2, 0) is 14.8 Å². The van der Waals surface area contributed by atoms with E-state index in [1.165, 1.54) is 31.4 Å². The van der Waals surface area contributed by atoms with Crippen molar-refractivity contribution < 1.29 is 17.9 Å². The van der Waals surface area contributed by atoms with E-state index in [1.54, 1.807) is 4.31 Å². The Bertz CT molecular complexity index is 599. The van der Waals surface area contributed by atoms with Crippen molar-refractivity contribution in [2.75, 3.05) is 20.2 Å². The number of hydrogen-bond acceptors (Lipinski definition) is 4. The maximum atomic E-state index is 12.6. The number of piperidine rings is 1. The van der Waals surface area contributed by atoms with Gasteiger partial charge < -0.3 is 4.74 Å². The van der Waals surface area contributed by atoms with Gasteiger partial charge in [0.25, 0.3) is 0 Å². The fourth-order valence-electron chi connectivity index (χ4n) is 2.83. The van der Waals surface area contributed by atoms with Crippen molar-refractivity contribution in [3.63, 3.8) is 0 Å². The first-order chi connectivity index (χ1) is 9.84. The number of methoxy groups -OCH3 is 1. The zero-order valence-corrected chi connectivity index (χ0v) is 13.4. The van der Waals surface area contributed by atoms with Crippen LogP contribution in [0, 0.1) is 11.8 Å². The number of carbonyl (C=O) groups is 1. The Kier molecular flexibility index (Phi) is 4.68. The van der Waals surface area contributed by atoms with Crippen LogP contribution in [0.5, 0.6) is 0 Å². The molecule has 2 rings (SSSR count). The van der Waals surface area contributed by atoms with E-state index in [0.29, 0.717) is 30.5 Å². The van der Waals surface area contributed by atoms with Gasteiger partial charge in [0.05, 0.1) is 17.6 Å². The summed E-state index contributed by atoms with van der Waals surface area (Å²) in [6.45, 7) is 5.23. The highest BCUT2D eigenvalue weighted by Gasteiger charge is 2.31. The van der Waals surface area contributed by atoms with Crippen molar-refractivity contribution in [3.8, 4) is 0 Å². The molecule has 0 bridgehead atoms. The second-order valence-corrected chi connectivity index (χ2v) is 7.72. The van der Waals surface area contributed by atoms with Crippen molar-refractivity contribution in [1.82, 2.24) is 4.31 Å². The molecule has 1 aliphatic rings. The number of ether oxygens (including phenoxy) is 1. The van der Waals surface area contributed by atoms with Crippen molar-refractivity contribution >= 4 is 16.0 Å². The van der Waals surface area contributed by atoms with Crippen LogP contribution in [0.4, 0.5) is 0 Å². The van der Waals surface area contributed by atoms with Crippen LogP contribution in [-0.4, -0.2) is 38.9 Å². The lowest BCUT2D eigenvalue weighted by Crippen LogP contribution is -2.42. The van der Waals surface area contributed by atoms with E-state index in [-0.39, 0.29) is 4.90 Å². The highest BCUT2D eigenvalue weighted by atomic mass is 32.2. The summed E-state index contributed by atoms with van der Waals surface area (Å²) in [4.78, 5) is 11.6. The molecule has 0 N–H and O–H groups in total. The first-order valence-electron chi connectivity index (χ1n) is 7.03. The molecular formula is C15H21NO4S. The predicted molar refractivity (Wildman–Crippen MR) is 79.5 cm³/mol. The van der Waals surface area contributed by atoms with Crippen LogP contribution < -0.4 is 0 Å². The monoisotopic (exact) mass is 311 g/mol. The summed E-state index contributed by atoms with van der Waals surface area (Å²) < 4.78 is 31.4. The molecule has 0 aromatic heterocycles. The highest BCUT2D eigenvalue weighted by molar-refractivity contribution is 7.89. The van der Waals surface area contributed by atoms with Crippen molar-refractivity contribution in [1.29, 1.82) is 0 Å². The van der Waals surface area contributed by atoms with Crippen LogP contribution >= 0.6 is 0 Å². The Hall–Kier alpha value is -1.40. The van der Waals surface area contributed by atoms with E-state index in [1.807, 2.05) is 0 Å². The van der Waals surface area contributed by atoms with Gasteiger partial charge in [-0.15, -0.1) is 0 Å². The second kappa shape index (κ2) is 6.15. The molecule has 5 nitrogen and oxygen atoms in total. The number of carbonyl (C=O) groups excluding carboxylic acids is 1. The lowest BCUT2D eigenvalue weighted by Gasteiger charge is -2.34. The molecule has 1 aromatic carbocycles. The molecule has 2 unspecified atom stereocenters. The van der Waals surface area contributed by atoms with Gasteiger partial charge in [0.2, 0.25) is 10.0 Å². The normalized spacial score (nSPS) is 23.8. The molecule has 1 aliphatic heterocycles. The minimum absolute atomic E-state index is 0.219. The first kappa shape index (κ1) is 16.0. The minimum Gasteiger partial charge on any atom is -0.465 e. The van der Waals surface area contributed by atoms with Crippen molar-refractivity contribution in [3.05, 3.63) is 29.8 Å². The van der Waals surface area contributed by atoms with Crippen LogP contribution in [0.1, 0.15) is 30.6 Å². The summed E-state index contributed by atoms with van der Waals surface area (Å²) >= 11 is 0. The number of rotatable bonds is 3. The molecule has 1 saturated heterocycles. The molecule has 21 heavy (non-hydrogen) atoms. The van der Waals surface area contributed by atoms with Crippen LogP contribution in [0.25, 0.3) is 0 Å². The van der Waals surface area contributed by atoms with Gasteiger partial charge in [0.1, 0.15) is 0 Å². The zero-order chi connectivity index (χ0) is 15.6. The molecule has 0 radical (unpaired) electrons. The Morgan fingerprint density at radius 3 is 2.14 bits per heavy atom. The fraction of sp³-hybridized carbons (Fsp3) is 0.533. The topological polar surface area (TPSA) is 63.7 Å². The summed E-state index contributed by atoms with van der Waals surface area (Å²) in [5.41, 5.74) is 0.344. The van der Waals surface area contributed by atoms with Gasteiger partial charge in [-0.2, -0.15) is 4.31 Å². The lowest BCUT2D eigenvalue weighted by molar-refractivity contribution is 0.0600. The van der Waals surface area contributed by atoms with E-state index in [4.69, 9.17) is 0 Å². The van der Waals surface area contributed by atoms with Gasteiger partial charge in [0, 0.05) is 13.1 Å². The average molecular weight is 311 g/mol. The number of esters is 1. The Morgan fingerprint density at radius 2 is 1.67 bits per heavy atom. The number of hydrogen-bond donors (Lipinski definition) is 0. The number of sulfonamides is 1. The molecule has 6 heteroatoms. The van der Waals surface area contributed by atoms with Gasteiger partial charge in [-0.05, 0) is 42.5 Å². The number of benzene rings is 1. The third-order valence-corrected chi connectivity index (χ3v) is 5.59. The summed E-state index contributed by atoms with van der Waals surface area (Å²) in [5.74, 6) is 0.245. The lowest BCUT2D eigenvalue weighted by atomic mass is 9.94. The Morgan fingerprint density at radius 1 is 1.14 bits per heavy atom. The summed E-state index contributed by atoms with van der Waals surface area (Å²) in [7, 11) is -2.20. The molecule has 0 amide bonds. The second-order valence-electron chi connectivity index (χ2n) is 5.78. The standard InChI is InChI=1S/C15H21NO4S/c1-11-8-12(2)10-16(9-11)21(18,19)14-6-4-13(5-7-14)15(17)20-3/h4-7,11-12H,8-10H2,1-3H3. The van der Waals surface area contributed by atoms with E-state index in [9.17, 15) is 13.2 Å². The quantitative estimate of drug-likeness (QED) is 0.802. The number of nitrogens with zero attached hydrogens (tertiary/aromatic N) is 1.